The maximum absolute atomic E-state index is 10.5. The van der Waals surface area contributed by atoms with Crippen LogP contribution < -0.4 is 9.47 Å². The molecule has 2 rings (SSSR count). The highest BCUT2D eigenvalue weighted by molar-refractivity contribution is 5.68. The van der Waals surface area contributed by atoms with Gasteiger partial charge in [0, 0.05) is 30.0 Å². The Hall–Kier alpha value is -2.30. The molecule has 0 saturated carbocycles. The third kappa shape index (κ3) is 2.82. The smallest absolute Gasteiger partial charge is 0.140 e. The second-order valence-electron chi connectivity index (χ2n) is 4.48. The Morgan fingerprint density at radius 3 is 2.75 bits per heavy atom. The van der Waals surface area contributed by atoms with Crippen molar-refractivity contribution in [3.05, 3.63) is 30.0 Å². The summed E-state index contributed by atoms with van der Waals surface area (Å²) in [6, 6.07) is 7.32. The molecule has 1 aromatic carbocycles. The Morgan fingerprint density at radius 2 is 2.10 bits per heavy atom. The zero-order valence-corrected chi connectivity index (χ0v) is 11.8. The lowest BCUT2D eigenvalue weighted by atomic mass is 10.0. The van der Waals surface area contributed by atoms with E-state index in [2.05, 4.69) is 5.16 Å². The fraction of sp³-hybridized carbons (Fsp3) is 0.333. The molecule has 106 valence electrons. The normalized spacial score (nSPS) is 11.9. The molecule has 0 radical (unpaired) electrons. The van der Waals surface area contributed by atoms with Crippen molar-refractivity contribution in [2.45, 2.75) is 19.3 Å². The van der Waals surface area contributed by atoms with Gasteiger partial charge in [0.05, 0.1) is 14.2 Å². The highest BCUT2D eigenvalue weighted by Crippen LogP contribution is 2.34. The lowest BCUT2D eigenvalue weighted by Gasteiger charge is -2.07. The number of carbonyl (C=O) groups is 1. The second-order valence-corrected chi connectivity index (χ2v) is 4.48. The molecule has 0 aliphatic rings. The molecule has 1 atom stereocenters. The van der Waals surface area contributed by atoms with Crippen molar-refractivity contribution in [3.63, 3.8) is 0 Å². The van der Waals surface area contributed by atoms with Crippen molar-refractivity contribution in [1.82, 2.24) is 5.16 Å². The van der Waals surface area contributed by atoms with E-state index in [1.807, 2.05) is 25.1 Å². The number of nitrogens with zero attached hydrogens (tertiary/aromatic N) is 1. The van der Waals surface area contributed by atoms with Crippen LogP contribution in [0.3, 0.4) is 0 Å². The van der Waals surface area contributed by atoms with Crippen molar-refractivity contribution in [3.8, 4) is 22.8 Å². The fourth-order valence-corrected chi connectivity index (χ4v) is 1.92. The molecular formula is C15H17NO4. The standard InChI is InChI=1S/C15H17NO4/c1-10(6-7-17)14-9-13(16-20-14)12-5-4-11(18-2)8-15(12)19-3/h4-5,7-10H,6H2,1-3H3. The maximum Gasteiger partial charge on any atom is 0.140 e. The monoisotopic (exact) mass is 275 g/mol. The van der Waals surface area contributed by atoms with Crippen molar-refractivity contribution in [2.75, 3.05) is 14.2 Å². The molecule has 0 amide bonds. The average molecular weight is 275 g/mol. The number of aromatic nitrogens is 1. The number of carbonyl (C=O) groups excluding carboxylic acids is 1. The maximum atomic E-state index is 10.5. The van der Waals surface area contributed by atoms with Crippen LogP contribution >= 0.6 is 0 Å². The molecule has 1 aromatic heterocycles. The summed E-state index contributed by atoms with van der Waals surface area (Å²) in [6.07, 6.45) is 1.29. The number of benzene rings is 1. The Balaban J connectivity index is 2.34. The molecule has 1 unspecified atom stereocenters. The van der Waals surface area contributed by atoms with E-state index < -0.39 is 0 Å². The van der Waals surface area contributed by atoms with Crippen LogP contribution in [0.1, 0.15) is 25.0 Å². The molecule has 2 aromatic rings. The van der Waals surface area contributed by atoms with Gasteiger partial charge < -0.3 is 18.8 Å². The number of hydrogen-bond donors (Lipinski definition) is 0. The first-order chi connectivity index (χ1) is 9.69. The summed E-state index contributed by atoms with van der Waals surface area (Å²) < 4.78 is 15.8. The summed E-state index contributed by atoms with van der Waals surface area (Å²) in [4.78, 5) is 10.5. The van der Waals surface area contributed by atoms with Crippen LogP contribution in [-0.4, -0.2) is 25.7 Å². The minimum atomic E-state index is 0.0120. The summed E-state index contributed by atoms with van der Waals surface area (Å²) in [5.41, 5.74) is 1.50. The minimum Gasteiger partial charge on any atom is -0.497 e. The van der Waals surface area contributed by atoms with E-state index in [-0.39, 0.29) is 5.92 Å². The van der Waals surface area contributed by atoms with Crippen LogP contribution in [0, 0.1) is 0 Å². The van der Waals surface area contributed by atoms with E-state index in [9.17, 15) is 4.79 Å². The van der Waals surface area contributed by atoms with Crippen LogP contribution in [0.5, 0.6) is 11.5 Å². The Kier molecular flexibility index (Phi) is 4.40. The third-order valence-corrected chi connectivity index (χ3v) is 3.15. The van der Waals surface area contributed by atoms with Crippen LogP contribution in [0.15, 0.2) is 28.8 Å². The Labute approximate surface area is 117 Å². The molecule has 0 aliphatic carbocycles. The first kappa shape index (κ1) is 14.1. The summed E-state index contributed by atoms with van der Waals surface area (Å²) >= 11 is 0. The molecular weight excluding hydrogens is 258 g/mol. The minimum absolute atomic E-state index is 0.0120. The van der Waals surface area contributed by atoms with Gasteiger partial charge in [-0.1, -0.05) is 12.1 Å². The Morgan fingerprint density at radius 1 is 1.30 bits per heavy atom. The molecule has 5 heteroatoms. The van der Waals surface area contributed by atoms with Crippen LogP contribution in [0.4, 0.5) is 0 Å². The largest absolute Gasteiger partial charge is 0.497 e. The highest BCUT2D eigenvalue weighted by Gasteiger charge is 2.16. The first-order valence-electron chi connectivity index (χ1n) is 6.32. The quantitative estimate of drug-likeness (QED) is 0.758. The molecule has 20 heavy (non-hydrogen) atoms. The topological polar surface area (TPSA) is 61.6 Å². The molecule has 0 fully saturated rings. The summed E-state index contributed by atoms with van der Waals surface area (Å²) in [6.45, 7) is 1.92. The number of ether oxygens (including phenoxy) is 2. The van der Waals surface area contributed by atoms with Crippen molar-refractivity contribution in [1.29, 1.82) is 0 Å². The molecule has 1 heterocycles. The SMILES string of the molecule is COc1ccc(-c2cc(C(C)CC=O)on2)c(OC)c1. The number of rotatable bonds is 6. The van der Waals surface area contributed by atoms with E-state index in [4.69, 9.17) is 14.0 Å². The number of hydrogen-bond acceptors (Lipinski definition) is 5. The van der Waals surface area contributed by atoms with Crippen molar-refractivity contribution in [2.24, 2.45) is 0 Å². The van der Waals surface area contributed by atoms with E-state index in [0.717, 1.165) is 11.8 Å². The van der Waals surface area contributed by atoms with Gasteiger partial charge in [0.2, 0.25) is 0 Å². The predicted molar refractivity (Wildman–Crippen MR) is 74.1 cm³/mol. The number of aldehydes is 1. The predicted octanol–water partition coefficient (Wildman–Crippen LogP) is 3.05. The molecule has 5 nitrogen and oxygen atoms in total. The fourth-order valence-electron chi connectivity index (χ4n) is 1.92. The first-order valence-corrected chi connectivity index (χ1v) is 6.32. The van der Waals surface area contributed by atoms with E-state index in [1.54, 1.807) is 20.3 Å². The molecule has 0 bridgehead atoms. The van der Waals surface area contributed by atoms with Gasteiger partial charge in [-0.2, -0.15) is 0 Å². The van der Waals surface area contributed by atoms with Gasteiger partial charge in [-0.05, 0) is 12.1 Å². The summed E-state index contributed by atoms with van der Waals surface area (Å²) in [7, 11) is 3.19. The molecule has 0 spiro atoms. The van der Waals surface area contributed by atoms with Gasteiger partial charge in [0.15, 0.2) is 0 Å². The van der Waals surface area contributed by atoms with E-state index in [0.29, 0.717) is 29.4 Å². The molecule has 0 saturated heterocycles. The van der Waals surface area contributed by atoms with E-state index in [1.165, 1.54) is 0 Å². The van der Waals surface area contributed by atoms with Gasteiger partial charge >= 0.3 is 0 Å². The zero-order valence-electron chi connectivity index (χ0n) is 11.8. The van der Waals surface area contributed by atoms with Crippen LogP contribution in [-0.2, 0) is 4.79 Å². The van der Waals surface area contributed by atoms with Crippen LogP contribution in [0.25, 0.3) is 11.3 Å². The van der Waals surface area contributed by atoms with Gasteiger partial charge in [0.1, 0.15) is 29.2 Å². The molecule has 0 N–H and O–H groups in total. The second kappa shape index (κ2) is 6.23. The summed E-state index contributed by atoms with van der Waals surface area (Å²) in [5, 5.41) is 4.04. The van der Waals surface area contributed by atoms with E-state index >= 15 is 0 Å². The van der Waals surface area contributed by atoms with Gasteiger partial charge in [-0.3, -0.25) is 0 Å². The third-order valence-electron chi connectivity index (χ3n) is 3.15. The van der Waals surface area contributed by atoms with Crippen LogP contribution in [0.2, 0.25) is 0 Å². The van der Waals surface area contributed by atoms with Crippen molar-refractivity contribution < 1.29 is 18.8 Å². The van der Waals surface area contributed by atoms with Gasteiger partial charge in [0.25, 0.3) is 0 Å². The summed E-state index contributed by atoms with van der Waals surface area (Å²) in [5.74, 6) is 2.07. The lowest BCUT2D eigenvalue weighted by Crippen LogP contribution is -1.91. The number of methoxy groups -OCH3 is 2. The Bertz CT molecular complexity index is 591. The average Bonchev–Trinajstić information content (AvgIpc) is 2.96. The van der Waals surface area contributed by atoms with Gasteiger partial charge in [-0.15, -0.1) is 0 Å². The molecule has 0 aliphatic heterocycles. The highest BCUT2D eigenvalue weighted by atomic mass is 16.5. The van der Waals surface area contributed by atoms with Crippen molar-refractivity contribution >= 4 is 6.29 Å². The zero-order chi connectivity index (χ0) is 14.5. The van der Waals surface area contributed by atoms with Gasteiger partial charge in [-0.25, -0.2) is 0 Å². The lowest BCUT2D eigenvalue weighted by molar-refractivity contribution is -0.108.